The van der Waals surface area contributed by atoms with Crippen molar-refractivity contribution < 1.29 is 9.47 Å². The van der Waals surface area contributed by atoms with E-state index < -0.39 is 0 Å². The summed E-state index contributed by atoms with van der Waals surface area (Å²) in [6.45, 7) is 3.60. The van der Waals surface area contributed by atoms with E-state index >= 15 is 0 Å². The van der Waals surface area contributed by atoms with Gasteiger partial charge in [0.05, 0.1) is 6.61 Å². The van der Waals surface area contributed by atoms with Gasteiger partial charge < -0.3 is 14.8 Å². The maximum atomic E-state index is 8.54. The Morgan fingerprint density at radius 1 is 1.39 bits per heavy atom. The van der Waals surface area contributed by atoms with Crippen molar-refractivity contribution >= 4 is 0 Å². The Hall–Kier alpha value is -1.57. The molecule has 0 saturated heterocycles. The molecule has 0 saturated carbocycles. The molecular formula is C14H20N2O2. The molecule has 0 heterocycles. The number of benzene rings is 1. The summed E-state index contributed by atoms with van der Waals surface area (Å²) in [5, 5.41) is 12.0. The largest absolute Gasteiger partial charge is 0.478 e. The number of methoxy groups -OCH3 is 1. The molecule has 0 aliphatic rings. The Labute approximate surface area is 109 Å². The molecule has 18 heavy (non-hydrogen) atoms. The maximum absolute atomic E-state index is 8.54. The van der Waals surface area contributed by atoms with E-state index in [4.69, 9.17) is 14.7 Å². The third-order valence-electron chi connectivity index (χ3n) is 2.71. The number of para-hydroxylation sites is 1. The standard InChI is InChI=1S/C14H20N2O2/c1-3-13(11-17-2)16-10-12-6-4-5-7-14(12)18-9-8-15/h4-7,13,16H,3,9-11H2,1-2H3. The van der Waals surface area contributed by atoms with Crippen molar-refractivity contribution in [2.75, 3.05) is 20.3 Å². The lowest BCUT2D eigenvalue weighted by atomic mass is 10.1. The van der Waals surface area contributed by atoms with Gasteiger partial charge in [0.15, 0.2) is 6.61 Å². The van der Waals surface area contributed by atoms with Gasteiger partial charge in [0, 0.05) is 25.3 Å². The van der Waals surface area contributed by atoms with Crippen LogP contribution in [0.3, 0.4) is 0 Å². The van der Waals surface area contributed by atoms with Crippen molar-refractivity contribution in [3.05, 3.63) is 29.8 Å². The number of nitrogens with one attached hydrogen (secondary N) is 1. The first kappa shape index (κ1) is 14.5. The second-order valence-corrected chi connectivity index (χ2v) is 4.00. The zero-order valence-electron chi connectivity index (χ0n) is 11.0. The molecule has 1 atom stereocenters. The average Bonchev–Trinajstić information content (AvgIpc) is 2.42. The van der Waals surface area contributed by atoms with Crippen molar-refractivity contribution in [3.63, 3.8) is 0 Å². The van der Waals surface area contributed by atoms with Gasteiger partial charge in [-0.15, -0.1) is 0 Å². The molecule has 0 aromatic heterocycles. The molecule has 1 aromatic carbocycles. The normalized spacial score (nSPS) is 11.8. The van der Waals surface area contributed by atoms with Crippen LogP contribution in [0.4, 0.5) is 0 Å². The Morgan fingerprint density at radius 2 is 2.17 bits per heavy atom. The average molecular weight is 248 g/mol. The quantitative estimate of drug-likeness (QED) is 0.765. The topological polar surface area (TPSA) is 54.3 Å². The minimum Gasteiger partial charge on any atom is -0.478 e. The molecule has 0 aliphatic carbocycles. The highest BCUT2D eigenvalue weighted by Crippen LogP contribution is 2.17. The summed E-state index contributed by atoms with van der Waals surface area (Å²) >= 11 is 0. The van der Waals surface area contributed by atoms with E-state index in [-0.39, 0.29) is 6.61 Å². The fourth-order valence-electron chi connectivity index (χ4n) is 1.68. The van der Waals surface area contributed by atoms with Crippen LogP contribution in [0.25, 0.3) is 0 Å². The fourth-order valence-corrected chi connectivity index (χ4v) is 1.68. The number of hydrogen-bond donors (Lipinski definition) is 1. The van der Waals surface area contributed by atoms with Gasteiger partial charge in [-0.3, -0.25) is 0 Å². The number of nitriles is 1. The lowest BCUT2D eigenvalue weighted by Crippen LogP contribution is -2.32. The Balaban J connectivity index is 2.57. The van der Waals surface area contributed by atoms with E-state index in [1.807, 2.05) is 30.3 Å². The van der Waals surface area contributed by atoms with Crippen LogP contribution >= 0.6 is 0 Å². The molecular weight excluding hydrogens is 228 g/mol. The van der Waals surface area contributed by atoms with Gasteiger partial charge in [-0.25, -0.2) is 0 Å². The van der Waals surface area contributed by atoms with Crippen LogP contribution in [0, 0.1) is 11.3 Å². The zero-order chi connectivity index (χ0) is 13.2. The molecule has 1 rings (SSSR count). The SMILES string of the molecule is CCC(COC)NCc1ccccc1OCC#N. The van der Waals surface area contributed by atoms with Gasteiger partial charge >= 0.3 is 0 Å². The monoisotopic (exact) mass is 248 g/mol. The summed E-state index contributed by atoms with van der Waals surface area (Å²) in [5.74, 6) is 0.763. The third-order valence-corrected chi connectivity index (χ3v) is 2.71. The molecule has 98 valence electrons. The summed E-state index contributed by atoms with van der Waals surface area (Å²) in [6.07, 6.45) is 1.01. The van der Waals surface area contributed by atoms with Crippen LogP contribution in [-0.2, 0) is 11.3 Å². The second-order valence-electron chi connectivity index (χ2n) is 4.00. The molecule has 0 bridgehead atoms. The third kappa shape index (κ3) is 4.74. The summed E-state index contributed by atoms with van der Waals surface area (Å²) in [5.41, 5.74) is 1.06. The first-order valence-electron chi connectivity index (χ1n) is 6.11. The fraction of sp³-hybridized carbons (Fsp3) is 0.500. The first-order valence-corrected chi connectivity index (χ1v) is 6.11. The maximum Gasteiger partial charge on any atom is 0.174 e. The van der Waals surface area contributed by atoms with E-state index in [0.29, 0.717) is 19.2 Å². The van der Waals surface area contributed by atoms with Crippen LogP contribution in [0.1, 0.15) is 18.9 Å². The van der Waals surface area contributed by atoms with Crippen molar-refractivity contribution in [1.82, 2.24) is 5.32 Å². The van der Waals surface area contributed by atoms with Crippen LogP contribution < -0.4 is 10.1 Å². The molecule has 0 fully saturated rings. The molecule has 0 spiro atoms. The van der Waals surface area contributed by atoms with Gasteiger partial charge in [0.25, 0.3) is 0 Å². The Kier molecular flexibility index (Phi) is 6.85. The van der Waals surface area contributed by atoms with Gasteiger partial charge in [-0.2, -0.15) is 5.26 Å². The number of rotatable bonds is 8. The van der Waals surface area contributed by atoms with Crippen LogP contribution in [0.2, 0.25) is 0 Å². The minimum atomic E-state index is 0.0757. The van der Waals surface area contributed by atoms with Crippen LogP contribution in [-0.4, -0.2) is 26.4 Å². The molecule has 0 aliphatic heterocycles. The first-order chi connectivity index (χ1) is 8.81. The van der Waals surface area contributed by atoms with Crippen LogP contribution in [0.5, 0.6) is 5.75 Å². The number of nitrogens with zero attached hydrogens (tertiary/aromatic N) is 1. The molecule has 0 amide bonds. The van der Waals surface area contributed by atoms with E-state index in [0.717, 1.165) is 17.7 Å². The molecule has 1 unspecified atom stereocenters. The summed E-state index contributed by atoms with van der Waals surface area (Å²) < 4.78 is 10.5. The van der Waals surface area contributed by atoms with Crippen LogP contribution in [0.15, 0.2) is 24.3 Å². The molecule has 1 aromatic rings. The number of hydrogen-bond acceptors (Lipinski definition) is 4. The Bertz CT molecular complexity index is 388. The van der Waals surface area contributed by atoms with E-state index in [2.05, 4.69) is 12.2 Å². The highest BCUT2D eigenvalue weighted by Gasteiger charge is 2.07. The van der Waals surface area contributed by atoms with Gasteiger partial charge in [-0.1, -0.05) is 25.1 Å². The van der Waals surface area contributed by atoms with Crippen molar-refractivity contribution in [2.45, 2.75) is 25.9 Å². The smallest absolute Gasteiger partial charge is 0.174 e. The molecule has 0 radical (unpaired) electrons. The molecule has 4 nitrogen and oxygen atoms in total. The molecule has 1 N–H and O–H groups in total. The lowest BCUT2D eigenvalue weighted by Gasteiger charge is -2.17. The van der Waals surface area contributed by atoms with Gasteiger partial charge in [0.1, 0.15) is 11.8 Å². The summed E-state index contributed by atoms with van der Waals surface area (Å²) in [6, 6.07) is 10.1. The van der Waals surface area contributed by atoms with E-state index in [1.165, 1.54) is 0 Å². The van der Waals surface area contributed by atoms with E-state index in [1.54, 1.807) is 7.11 Å². The van der Waals surface area contributed by atoms with Gasteiger partial charge in [0.2, 0.25) is 0 Å². The number of ether oxygens (including phenoxy) is 2. The van der Waals surface area contributed by atoms with E-state index in [9.17, 15) is 0 Å². The summed E-state index contributed by atoms with van der Waals surface area (Å²) in [7, 11) is 1.70. The highest BCUT2D eigenvalue weighted by atomic mass is 16.5. The zero-order valence-corrected chi connectivity index (χ0v) is 11.0. The predicted molar refractivity (Wildman–Crippen MR) is 70.3 cm³/mol. The van der Waals surface area contributed by atoms with Crippen molar-refractivity contribution in [3.8, 4) is 11.8 Å². The minimum absolute atomic E-state index is 0.0757. The predicted octanol–water partition coefficient (Wildman–Crippen LogP) is 2.10. The summed E-state index contributed by atoms with van der Waals surface area (Å²) in [4.78, 5) is 0. The highest BCUT2D eigenvalue weighted by molar-refractivity contribution is 5.33. The second kappa shape index (κ2) is 8.51. The van der Waals surface area contributed by atoms with Crippen molar-refractivity contribution in [1.29, 1.82) is 5.26 Å². The van der Waals surface area contributed by atoms with Crippen molar-refractivity contribution in [2.24, 2.45) is 0 Å². The lowest BCUT2D eigenvalue weighted by molar-refractivity contribution is 0.163. The van der Waals surface area contributed by atoms with Gasteiger partial charge in [-0.05, 0) is 12.5 Å². The Morgan fingerprint density at radius 3 is 2.83 bits per heavy atom. The molecule has 4 heteroatoms.